The lowest BCUT2D eigenvalue weighted by molar-refractivity contribution is 0.485. The van der Waals surface area contributed by atoms with Crippen LogP contribution in [0.2, 0.25) is 5.15 Å². The molecule has 0 aliphatic carbocycles. The SMILES string of the molecule is Cc1nc(Cl)cc(N2CCC(C#N)CC2)n1. The minimum Gasteiger partial charge on any atom is -0.356 e. The Morgan fingerprint density at radius 1 is 1.44 bits per heavy atom. The minimum absolute atomic E-state index is 0.189. The van der Waals surface area contributed by atoms with Gasteiger partial charge in [-0.25, -0.2) is 9.97 Å². The van der Waals surface area contributed by atoms with Gasteiger partial charge in [-0.05, 0) is 19.8 Å². The minimum atomic E-state index is 0.189. The second kappa shape index (κ2) is 4.67. The molecule has 0 radical (unpaired) electrons. The van der Waals surface area contributed by atoms with Gasteiger partial charge in [-0.3, -0.25) is 0 Å². The molecule has 0 aromatic carbocycles. The van der Waals surface area contributed by atoms with Gasteiger partial charge in [0.15, 0.2) is 0 Å². The maximum absolute atomic E-state index is 8.82. The fourth-order valence-corrected chi connectivity index (χ4v) is 2.14. The quantitative estimate of drug-likeness (QED) is 0.702. The molecule has 84 valence electrons. The first kappa shape index (κ1) is 11.2. The summed E-state index contributed by atoms with van der Waals surface area (Å²) in [5.41, 5.74) is 0. The van der Waals surface area contributed by atoms with E-state index in [2.05, 4.69) is 20.9 Å². The number of aryl methyl sites for hydroxylation is 1. The molecule has 1 aromatic heterocycles. The number of hydrogen-bond donors (Lipinski definition) is 0. The van der Waals surface area contributed by atoms with Crippen LogP contribution in [0.15, 0.2) is 6.07 Å². The van der Waals surface area contributed by atoms with Gasteiger partial charge in [0.2, 0.25) is 0 Å². The van der Waals surface area contributed by atoms with Gasteiger partial charge in [0, 0.05) is 25.1 Å². The highest BCUT2D eigenvalue weighted by molar-refractivity contribution is 6.29. The lowest BCUT2D eigenvalue weighted by Crippen LogP contribution is -2.34. The number of nitriles is 1. The molecule has 0 saturated carbocycles. The zero-order valence-electron chi connectivity index (χ0n) is 9.15. The van der Waals surface area contributed by atoms with E-state index in [-0.39, 0.29) is 5.92 Å². The summed E-state index contributed by atoms with van der Waals surface area (Å²) >= 11 is 5.90. The molecule has 1 saturated heterocycles. The molecule has 16 heavy (non-hydrogen) atoms. The van der Waals surface area contributed by atoms with Crippen molar-refractivity contribution in [3.05, 3.63) is 17.0 Å². The maximum Gasteiger partial charge on any atom is 0.134 e. The number of halogens is 1. The van der Waals surface area contributed by atoms with Crippen molar-refractivity contribution in [3.8, 4) is 6.07 Å². The van der Waals surface area contributed by atoms with E-state index in [4.69, 9.17) is 16.9 Å². The van der Waals surface area contributed by atoms with E-state index in [1.165, 1.54) is 0 Å². The molecule has 0 unspecified atom stereocenters. The van der Waals surface area contributed by atoms with E-state index in [1.54, 1.807) is 6.07 Å². The normalized spacial score (nSPS) is 17.2. The maximum atomic E-state index is 8.82. The van der Waals surface area contributed by atoms with Crippen molar-refractivity contribution in [2.45, 2.75) is 19.8 Å². The standard InChI is InChI=1S/C11H13ClN4/c1-8-14-10(12)6-11(15-8)16-4-2-9(7-13)3-5-16/h6,9H,2-5H2,1H3. The van der Waals surface area contributed by atoms with Crippen molar-refractivity contribution in [1.29, 1.82) is 5.26 Å². The molecule has 5 heteroatoms. The summed E-state index contributed by atoms with van der Waals surface area (Å²) in [4.78, 5) is 10.6. The topological polar surface area (TPSA) is 52.8 Å². The van der Waals surface area contributed by atoms with Crippen LogP contribution in [0.1, 0.15) is 18.7 Å². The number of aromatic nitrogens is 2. The Kier molecular flexibility index (Phi) is 3.25. The van der Waals surface area contributed by atoms with Crippen LogP contribution in [-0.4, -0.2) is 23.1 Å². The monoisotopic (exact) mass is 236 g/mol. The van der Waals surface area contributed by atoms with E-state index < -0.39 is 0 Å². The van der Waals surface area contributed by atoms with E-state index in [0.717, 1.165) is 31.7 Å². The molecule has 4 nitrogen and oxygen atoms in total. The van der Waals surface area contributed by atoms with Gasteiger partial charge in [-0.1, -0.05) is 11.6 Å². The molecular weight excluding hydrogens is 224 g/mol. The van der Waals surface area contributed by atoms with Crippen LogP contribution >= 0.6 is 11.6 Å². The summed E-state index contributed by atoms with van der Waals surface area (Å²) in [6.45, 7) is 3.56. The Hall–Kier alpha value is -1.34. The van der Waals surface area contributed by atoms with E-state index in [1.807, 2.05) is 6.92 Å². The fraction of sp³-hybridized carbons (Fsp3) is 0.545. The predicted molar refractivity (Wildman–Crippen MR) is 62.3 cm³/mol. The van der Waals surface area contributed by atoms with Crippen molar-refractivity contribution >= 4 is 17.4 Å². The van der Waals surface area contributed by atoms with Gasteiger partial charge in [-0.15, -0.1) is 0 Å². The zero-order valence-corrected chi connectivity index (χ0v) is 9.91. The Balaban J connectivity index is 2.11. The molecule has 0 N–H and O–H groups in total. The Labute approximate surface area is 99.9 Å². The van der Waals surface area contributed by atoms with Gasteiger partial charge in [0.1, 0.15) is 16.8 Å². The second-order valence-corrected chi connectivity index (χ2v) is 4.37. The largest absolute Gasteiger partial charge is 0.356 e. The van der Waals surface area contributed by atoms with Gasteiger partial charge in [0.05, 0.1) is 6.07 Å². The van der Waals surface area contributed by atoms with Gasteiger partial charge in [0.25, 0.3) is 0 Å². The van der Waals surface area contributed by atoms with E-state index >= 15 is 0 Å². The molecule has 1 aliphatic heterocycles. The van der Waals surface area contributed by atoms with Crippen molar-refractivity contribution in [3.63, 3.8) is 0 Å². The third-order valence-electron chi connectivity index (χ3n) is 2.79. The molecule has 0 amide bonds. The van der Waals surface area contributed by atoms with Crippen molar-refractivity contribution < 1.29 is 0 Å². The van der Waals surface area contributed by atoms with Crippen LogP contribution in [0.3, 0.4) is 0 Å². The smallest absolute Gasteiger partial charge is 0.134 e. The van der Waals surface area contributed by atoms with E-state index in [9.17, 15) is 0 Å². The number of nitrogens with zero attached hydrogens (tertiary/aromatic N) is 4. The van der Waals surface area contributed by atoms with Gasteiger partial charge < -0.3 is 4.90 Å². The molecule has 0 atom stereocenters. The highest BCUT2D eigenvalue weighted by Crippen LogP contribution is 2.22. The highest BCUT2D eigenvalue weighted by Gasteiger charge is 2.20. The van der Waals surface area contributed by atoms with Crippen molar-refractivity contribution in [1.82, 2.24) is 9.97 Å². The first-order chi connectivity index (χ1) is 7.69. The van der Waals surface area contributed by atoms with Crippen LogP contribution in [0, 0.1) is 24.2 Å². The third-order valence-corrected chi connectivity index (χ3v) is 2.99. The number of anilines is 1. The zero-order chi connectivity index (χ0) is 11.5. The van der Waals surface area contributed by atoms with Crippen LogP contribution in [0.5, 0.6) is 0 Å². The summed E-state index contributed by atoms with van der Waals surface area (Å²) in [7, 11) is 0. The molecule has 2 heterocycles. The Bertz CT molecular complexity index is 398. The van der Waals surface area contributed by atoms with Crippen molar-refractivity contribution in [2.75, 3.05) is 18.0 Å². The molecule has 1 aliphatic rings. The summed E-state index contributed by atoms with van der Waals surface area (Å²) in [5, 5.41) is 9.30. The first-order valence-electron chi connectivity index (χ1n) is 5.35. The van der Waals surface area contributed by atoms with Crippen LogP contribution in [0.4, 0.5) is 5.82 Å². The molecule has 0 spiro atoms. The van der Waals surface area contributed by atoms with Gasteiger partial charge >= 0.3 is 0 Å². The Morgan fingerprint density at radius 3 is 2.69 bits per heavy atom. The predicted octanol–water partition coefficient (Wildman–Crippen LogP) is 2.18. The molecule has 0 bridgehead atoms. The average Bonchev–Trinajstić information content (AvgIpc) is 2.28. The lowest BCUT2D eigenvalue weighted by atomic mass is 9.99. The molecule has 1 aromatic rings. The van der Waals surface area contributed by atoms with Crippen LogP contribution in [-0.2, 0) is 0 Å². The van der Waals surface area contributed by atoms with Crippen LogP contribution < -0.4 is 4.90 Å². The summed E-state index contributed by atoms with van der Waals surface area (Å²) in [5.74, 6) is 1.74. The van der Waals surface area contributed by atoms with E-state index in [0.29, 0.717) is 11.0 Å². The molecule has 2 rings (SSSR count). The van der Waals surface area contributed by atoms with Crippen molar-refractivity contribution in [2.24, 2.45) is 5.92 Å². The summed E-state index contributed by atoms with van der Waals surface area (Å²) in [6.07, 6.45) is 1.80. The average molecular weight is 237 g/mol. The number of hydrogen-bond acceptors (Lipinski definition) is 4. The van der Waals surface area contributed by atoms with Gasteiger partial charge in [-0.2, -0.15) is 5.26 Å². The molecule has 1 fully saturated rings. The second-order valence-electron chi connectivity index (χ2n) is 3.99. The first-order valence-corrected chi connectivity index (χ1v) is 5.72. The van der Waals surface area contributed by atoms with Crippen LogP contribution in [0.25, 0.3) is 0 Å². The highest BCUT2D eigenvalue weighted by atomic mass is 35.5. The summed E-state index contributed by atoms with van der Waals surface area (Å²) in [6, 6.07) is 4.09. The Morgan fingerprint density at radius 2 is 2.12 bits per heavy atom. The lowest BCUT2D eigenvalue weighted by Gasteiger charge is -2.30. The fourth-order valence-electron chi connectivity index (χ4n) is 1.92. The number of piperidine rings is 1. The number of rotatable bonds is 1. The summed E-state index contributed by atoms with van der Waals surface area (Å²) < 4.78 is 0. The molecular formula is C11H13ClN4. The third kappa shape index (κ3) is 2.42.